The van der Waals surface area contributed by atoms with Crippen molar-refractivity contribution in [1.29, 1.82) is 0 Å². The molecule has 1 aromatic rings. The number of rotatable bonds is 2. The van der Waals surface area contributed by atoms with Gasteiger partial charge in [0.05, 0.1) is 5.56 Å². The second-order valence-electron chi connectivity index (χ2n) is 4.72. The lowest BCUT2D eigenvalue weighted by Crippen LogP contribution is -2.42. The van der Waals surface area contributed by atoms with Crippen LogP contribution in [0.5, 0.6) is 0 Å². The molecular formula is C13H15ClIN3O2. The van der Waals surface area contributed by atoms with Crippen molar-refractivity contribution in [2.45, 2.75) is 12.8 Å². The van der Waals surface area contributed by atoms with Crippen molar-refractivity contribution in [2.24, 2.45) is 16.8 Å². The van der Waals surface area contributed by atoms with Gasteiger partial charge in [-0.05, 0) is 53.6 Å². The molecule has 5 nitrogen and oxygen atoms in total. The van der Waals surface area contributed by atoms with E-state index in [9.17, 15) is 4.79 Å². The first-order valence-corrected chi connectivity index (χ1v) is 7.70. The fourth-order valence-electron chi connectivity index (χ4n) is 2.29. The van der Waals surface area contributed by atoms with Crippen LogP contribution in [0, 0.1) is 9.49 Å². The molecule has 1 aliphatic heterocycles. The van der Waals surface area contributed by atoms with E-state index < -0.39 is 0 Å². The number of halogens is 2. The highest BCUT2D eigenvalue weighted by molar-refractivity contribution is 14.1. The summed E-state index contributed by atoms with van der Waals surface area (Å²) in [5.41, 5.74) is 6.23. The fraction of sp³-hybridized carbons (Fsp3) is 0.385. The minimum absolute atomic E-state index is 0.0186. The lowest BCUT2D eigenvalue weighted by atomic mass is 9.95. The van der Waals surface area contributed by atoms with Gasteiger partial charge in [0.2, 0.25) is 0 Å². The molecule has 0 spiro atoms. The number of amidine groups is 1. The highest BCUT2D eigenvalue weighted by atomic mass is 127. The first kappa shape index (κ1) is 15.4. The highest BCUT2D eigenvalue weighted by Crippen LogP contribution is 2.23. The van der Waals surface area contributed by atoms with Gasteiger partial charge in [0, 0.05) is 27.6 Å². The summed E-state index contributed by atoms with van der Waals surface area (Å²) in [7, 11) is 0. The maximum atomic E-state index is 12.5. The minimum atomic E-state index is -0.0186. The van der Waals surface area contributed by atoms with E-state index in [-0.39, 0.29) is 17.7 Å². The van der Waals surface area contributed by atoms with Crippen molar-refractivity contribution in [3.63, 3.8) is 0 Å². The summed E-state index contributed by atoms with van der Waals surface area (Å²) in [5, 5.41) is 12.3. The molecule has 0 saturated carbocycles. The largest absolute Gasteiger partial charge is 0.409 e. The topological polar surface area (TPSA) is 78.9 Å². The summed E-state index contributed by atoms with van der Waals surface area (Å²) in [6, 6.07) is 5.30. The highest BCUT2D eigenvalue weighted by Gasteiger charge is 2.26. The third-order valence-corrected chi connectivity index (χ3v) is 4.65. The Kier molecular flexibility index (Phi) is 5.09. The van der Waals surface area contributed by atoms with E-state index >= 15 is 0 Å². The van der Waals surface area contributed by atoms with Crippen LogP contribution in [0.4, 0.5) is 0 Å². The molecule has 2 rings (SSSR count). The summed E-state index contributed by atoms with van der Waals surface area (Å²) in [5.74, 6) is 0.270. The molecule has 1 saturated heterocycles. The maximum Gasteiger partial charge on any atom is 0.254 e. The molecule has 1 aromatic carbocycles. The lowest BCUT2D eigenvalue weighted by Gasteiger charge is -2.31. The van der Waals surface area contributed by atoms with Gasteiger partial charge >= 0.3 is 0 Å². The van der Waals surface area contributed by atoms with E-state index in [1.165, 1.54) is 0 Å². The average Bonchev–Trinajstić information content (AvgIpc) is 2.48. The van der Waals surface area contributed by atoms with E-state index in [0.717, 1.165) is 3.57 Å². The maximum absolute atomic E-state index is 12.5. The Morgan fingerprint density at radius 1 is 1.45 bits per heavy atom. The summed E-state index contributed by atoms with van der Waals surface area (Å²) in [6.07, 6.45) is 1.41. The normalized spacial score (nSPS) is 17.3. The van der Waals surface area contributed by atoms with E-state index in [1.54, 1.807) is 17.0 Å². The Bertz CT molecular complexity index is 542. The number of benzene rings is 1. The van der Waals surface area contributed by atoms with Crippen LogP contribution in [0.1, 0.15) is 23.2 Å². The number of hydrogen-bond donors (Lipinski definition) is 2. The van der Waals surface area contributed by atoms with Crippen LogP contribution in [0.15, 0.2) is 23.4 Å². The van der Waals surface area contributed by atoms with Gasteiger partial charge in [0.1, 0.15) is 5.84 Å². The van der Waals surface area contributed by atoms with E-state index in [1.807, 2.05) is 6.07 Å². The third kappa shape index (κ3) is 3.35. The summed E-state index contributed by atoms with van der Waals surface area (Å²) >= 11 is 8.08. The zero-order valence-corrected chi connectivity index (χ0v) is 13.6. The van der Waals surface area contributed by atoms with Crippen LogP contribution < -0.4 is 5.73 Å². The van der Waals surface area contributed by atoms with Gasteiger partial charge in [0.25, 0.3) is 5.91 Å². The van der Waals surface area contributed by atoms with Crippen LogP contribution >= 0.6 is 34.2 Å². The summed E-state index contributed by atoms with van der Waals surface area (Å²) in [6.45, 7) is 1.20. The van der Waals surface area contributed by atoms with Crippen molar-refractivity contribution in [3.05, 3.63) is 32.4 Å². The molecule has 1 amide bonds. The van der Waals surface area contributed by atoms with Gasteiger partial charge in [-0.25, -0.2) is 0 Å². The standard InChI is InChI=1S/C13H15ClIN3O2/c14-9-1-2-11(15)10(7-9)13(19)18-5-3-8(4-6-18)12(16)17-20/h1-2,7-8,20H,3-6H2,(H2,16,17). The van der Waals surface area contributed by atoms with Crippen LogP contribution in [-0.2, 0) is 0 Å². The van der Waals surface area contributed by atoms with Gasteiger partial charge in [-0.1, -0.05) is 16.8 Å². The number of oxime groups is 1. The predicted octanol–water partition coefficient (Wildman–Crippen LogP) is 2.54. The van der Waals surface area contributed by atoms with Crippen LogP contribution in [0.2, 0.25) is 5.02 Å². The van der Waals surface area contributed by atoms with Crippen LogP contribution in [0.3, 0.4) is 0 Å². The van der Waals surface area contributed by atoms with E-state index in [2.05, 4.69) is 27.7 Å². The van der Waals surface area contributed by atoms with Gasteiger partial charge in [-0.3, -0.25) is 4.79 Å². The molecule has 1 aliphatic rings. The Hall–Kier alpha value is -1.02. The molecule has 108 valence electrons. The van der Waals surface area contributed by atoms with E-state index in [4.69, 9.17) is 22.5 Å². The van der Waals surface area contributed by atoms with Crippen LogP contribution in [0.25, 0.3) is 0 Å². The number of amides is 1. The van der Waals surface area contributed by atoms with Crippen molar-refractivity contribution in [2.75, 3.05) is 13.1 Å². The van der Waals surface area contributed by atoms with Crippen LogP contribution in [-0.4, -0.2) is 34.9 Å². The Labute approximate surface area is 135 Å². The molecule has 0 aromatic heterocycles. The monoisotopic (exact) mass is 407 g/mol. The number of nitrogens with two attached hydrogens (primary N) is 1. The zero-order chi connectivity index (χ0) is 14.7. The average molecular weight is 408 g/mol. The Morgan fingerprint density at radius 3 is 2.70 bits per heavy atom. The molecule has 20 heavy (non-hydrogen) atoms. The number of piperidine rings is 1. The molecule has 0 atom stereocenters. The van der Waals surface area contributed by atoms with Crippen molar-refractivity contribution in [1.82, 2.24) is 4.90 Å². The van der Waals surface area contributed by atoms with Gasteiger partial charge < -0.3 is 15.8 Å². The molecule has 7 heteroatoms. The molecular weight excluding hydrogens is 393 g/mol. The van der Waals surface area contributed by atoms with Gasteiger partial charge in [-0.2, -0.15) is 0 Å². The zero-order valence-electron chi connectivity index (χ0n) is 10.7. The van der Waals surface area contributed by atoms with Gasteiger partial charge in [0.15, 0.2) is 0 Å². The van der Waals surface area contributed by atoms with Crippen molar-refractivity contribution in [3.8, 4) is 0 Å². The van der Waals surface area contributed by atoms with Crippen molar-refractivity contribution >= 4 is 45.9 Å². The molecule has 0 aliphatic carbocycles. The number of carbonyl (C=O) groups is 1. The second-order valence-corrected chi connectivity index (χ2v) is 6.31. The molecule has 1 fully saturated rings. The molecule has 3 N–H and O–H groups in total. The summed E-state index contributed by atoms with van der Waals surface area (Å²) < 4.78 is 0.885. The number of hydrogen-bond acceptors (Lipinski definition) is 3. The quantitative estimate of drug-likeness (QED) is 0.260. The number of likely N-dealkylation sites (tertiary alicyclic amines) is 1. The van der Waals surface area contributed by atoms with E-state index in [0.29, 0.717) is 36.5 Å². The first-order valence-electron chi connectivity index (χ1n) is 6.24. The number of nitrogens with zero attached hydrogens (tertiary/aromatic N) is 2. The fourth-order valence-corrected chi connectivity index (χ4v) is 3.03. The SMILES string of the molecule is N/C(=N/O)C1CCN(C(=O)c2cc(Cl)ccc2I)CC1. The smallest absolute Gasteiger partial charge is 0.254 e. The minimum Gasteiger partial charge on any atom is -0.409 e. The predicted molar refractivity (Wildman–Crippen MR) is 86.2 cm³/mol. The first-order chi connectivity index (χ1) is 9.52. The van der Waals surface area contributed by atoms with Gasteiger partial charge in [-0.15, -0.1) is 0 Å². The molecule has 0 unspecified atom stereocenters. The Morgan fingerprint density at radius 2 is 2.10 bits per heavy atom. The molecule has 0 bridgehead atoms. The Balaban J connectivity index is 2.07. The molecule has 1 heterocycles. The second kappa shape index (κ2) is 6.62. The third-order valence-electron chi connectivity index (χ3n) is 3.47. The summed E-state index contributed by atoms with van der Waals surface area (Å²) in [4.78, 5) is 14.3. The lowest BCUT2D eigenvalue weighted by molar-refractivity contribution is 0.0708. The number of carbonyl (C=O) groups excluding carboxylic acids is 1. The molecule has 0 radical (unpaired) electrons. The van der Waals surface area contributed by atoms with Crippen molar-refractivity contribution < 1.29 is 10.0 Å².